The molecule has 7 heteroatoms. The number of carbonyl (C=O) groups excluding carboxylic acids is 1. The molecule has 0 bridgehead atoms. The molecule has 0 saturated heterocycles. The third-order valence-corrected chi connectivity index (χ3v) is 4.62. The zero-order valence-corrected chi connectivity index (χ0v) is 13.1. The van der Waals surface area contributed by atoms with E-state index in [4.69, 9.17) is 4.42 Å². The summed E-state index contributed by atoms with van der Waals surface area (Å²) in [5.74, 6) is 0.391. The summed E-state index contributed by atoms with van der Waals surface area (Å²) in [4.78, 5) is 26.9. The molecule has 1 aliphatic rings. The number of amides is 1. The molecule has 0 radical (unpaired) electrons. The van der Waals surface area contributed by atoms with Crippen molar-refractivity contribution in [2.45, 2.75) is 18.2 Å². The predicted molar refractivity (Wildman–Crippen MR) is 85.9 cm³/mol. The molecule has 0 spiro atoms. The van der Waals surface area contributed by atoms with Crippen LogP contribution in [0.4, 0.5) is 0 Å². The Kier molecular flexibility index (Phi) is 3.70. The molecule has 0 N–H and O–H groups in total. The maximum Gasteiger partial charge on any atom is 0.257 e. The lowest BCUT2D eigenvalue weighted by atomic mass is 10.1. The van der Waals surface area contributed by atoms with Crippen molar-refractivity contribution in [2.75, 3.05) is 12.3 Å². The molecule has 23 heavy (non-hydrogen) atoms. The molecule has 0 saturated carbocycles. The van der Waals surface area contributed by atoms with Crippen LogP contribution in [0, 0.1) is 0 Å². The Hall–Kier alpha value is -2.41. The topological polar surface area (TPSA) is 72.1 Å². The zero-order chi connectivity index (χ0) is 15.6. The number of para-hydroxylation sites is 2. The van der Waals surface area contributed by atoms with Crippen LogP contribution in [0.25, 0.3) is 11.1 Å². The van der Waals surface area contributed by atoms with Gasteiger partial charge < -0.3 is 9.32 Å². The molecule has 6 nitrogen and oxygen atoms in total. The fraction of sp³-hybridized carbons (Fsp3) is 0.250. The minimum Gasteiger partial charge on any atom is -0.431 e. The quantitative estimate of drug-likeness (QED) is 0.688. The molecule has 3 heterocycles. The van der Waals surface area contributed by atoms with Crippen LogP contribution < -0.4 is 0 Å². The highest BCUT2D eigenvalue weighted by atomic mass is 32.2. The molecule has 1 aromatic carbocycles. The van der Waals surface area contributed by atoms with Gasteiger partial charge in [0.05, 0.1) is 11.4 Å². The predicted octanol–water partition coefficient (Wildman–Crippen LogP) is 2.29. The van der Waals surface area contributed by atoms with E-state index < -0.39 is 0 Å². The number of aromatic nitrogens is 3. The van der Waals surface area contributed by atoms with E-state index in [1.807, 2.05) is 29.2 Å². The first-order valence-corrected chi connectivity index (χ1v) is 8.32. The van der Waals surface area contributed by atoms with Crippen LogP contribution >= 0.6 is 11.8 Å². The van der Waals surface area contributed by atoms with Crippen LogP contribution in [0.5, 0.6) is 0 Å². The first kappa shape index (κ1) is 14.2. The van der Waals surface area contributed by atoms with Gasteiger partial charge in [0.15, 0.2) is 5.58 Å². The lowest BCUT2D eigenvalue weighted by Gasteiger charge is -2.27. The molecule has 0 aliphatic carbocycles. The first-order valence-electron chi connectivity index (χ1n) is 7.33. The highest BCUT2D eigenvalue weighted by Crippen LogP contribution is 2.24. The van der Waals surface area contributed by atoms with Crippen LogP contribution in [0.2, 0.25) is 0 Å². The highest BCUT2D eigenvalue weighted by Gasteiger charge is 2.22. The fourth-order valence-corrected chi connectivity index (χ4v) is 3.35. The van der Waals surface area contributed by atoms with E-state index in [-0.39, 0.29) is 5.91 Å². The van der Waals surface area contributed by atoms with Crippen LogP contribution in [-0.4, -0.2) is 38.1 Å². The van der Waals surface area contributed by atoms with Crippen LogP contribution in [0.15, 0.2) is 46.4 Å². The van der Waals surface area contributed by atoms with Gasteiger partial charge in [-0.2, -0.15) is 0 Å². The van der Waals surface area contributed by atoms with Crippen molar-refractivity contribution < 1.29 is 9.21 Å². The van der Waals surface area contributed by atoms with Crippen LogP contribution in [-0.2, 0) is 17.8 Å². The zero-order valence-electron chi connectivity index (χ0n) is 12.3. The van der Waals surface area contributed by atoms with E-state index in [0.717, 1.165) is 28.8 Å². The number of thioether (sulfide) groups is 1. The van der Waals surface area contributed by atoms with Crippen molar-refractivity contribution in [3.63, 3.8) is 0 Å². The summed E-state index contributed by atoms with van der Waals surface area (Å²) in [6, 6.07) is 7.58. The summed E-state index contributed by atoms with van der Waals surface area (Å²) in [5.41, 5.74) is 3.62. The van der Waals surface area contributed by atoms with E-state index in [1.165, 1.54) is 11.8 Å². The molecule has 3 aromatic rings. The summed E-state index contributed by atoms with van der Waals surface area (Å²) in [5, 5.41) is 0.528. The van der Waals surface area contributed by atoms with E-state index >= 15 is 0 Å². The molecule has 1 amide bonds. The van der Waals surface area contributed by atoms with Gasteiger partial charge in [-0.05, 0) is 12.1 Å². The van der Waals surface area contributed by atoms with Crippen molar-refractivity contribution in [2.24, 2.45) is 0 Å². The molecule has 116 valence electrons. The first-order chi connectivity index (χ1) is 11.3. The van der Waals surface area contributed by atoms with Gasteiger partial charge in [-0.25, -0.2) is 15.0 Å². The van der Waals surface area contributed by atoms with Crippen molar-refractivity contribution in [3.05, 3.63) is 48.0 Å². The lowest BCUT2D eigenvalue weighted by molar-refractivity contribution is -0.129. The second kappa shape index (κ2) is 6.00. The maximum absolute atomic E-state index is 12.4. The highest BCUT2D eigenvalue weighted by molar-refractivity contribution is 7.99. The van der Waals surface area contributed by atoms with Gasteiger partial charge in [0.1, 0.15) is 11.8 Å². The van der Waals surface area contributed by atoms with Gasteiger partial charge in [0.2, 0.25) is 5.91 Å². The van der Waals surface area contributed by atoms with E-state index in [0.29, 0.717) is 24.1 Å². The molecular weight excluding hydrogens is 312 g/mol. The number of hydrogen-bond donors (Lipinski definition) is 0. The van der Waals surface area contributed by atoms with Gasteiger partial charge in [-0.3, -0.25) is 4.79 Å². The molecule has 0 fully saturated rings. The normalized spacial score (nSPS) is 14.0. The molecule has 0 unspecified atom stereocenters. The van der Waals surface area contributed by atoms with E-state index in [9.17, 15) is 4.79 Å². The third kappa shape index (κ3) is 2.92. The van der Waals surface area contributed by atoms with Crippen molar-refractivity contribution in [1.82, 2.24) is 19.9 Å². The number of rotatable bonds is 3. The average molecular weight is 326 g/mol. The average Bonchev–Trinajstić information content (AvgIpc) is 3.02. The third-order valence-electron chi connectivity index (χ3n) is 3.81. The number of hydrogen-bond acceptors (Lipinski definition) is 6. The van der Waals surface area contributed by atoms with Crippen LogP contribution in [0.1, 0.15) is 11.3 Å². The SMILES string of the molecule is O=C(CSc1nc2ccccc2o1)N1CCc2ncncc2C1. The van der Waals surface area contributed by atoms with Gasteiger partial charge in [-0.15, -0.1) is 0 Å². The standard InChI is InChI=1S/C16H14N4O2S/c21-15(20-6-5-12-11(8-20)7-17-10-18-12)9-23-16-19-13-3-1-2-4-14(13)22-16/h1-4,7,10H,5-6,8-9H2. The second-order valence-corrected chi connectivity index (χ2v) is 6.22. The molecule has 4 rings (SSSR count). The summed E-state index contributed by atoms with van der Waals surface area (Å²) >= 11 is 1.33. The number of benzene rings is 1. The second-order valence-electron chi connectivity index (χ2n) is 5.30. The number of fused-ring (bicyclic) bond motifs is 2. The van der Waals surface area contributed by atoms with Gasteiger partial charge in [0.25, 0.3) is 5.22 Å². The fourth-order valence-electron chi connectivity index (χ4n) is 2.61. The Morgan fingerprint density at radius 1 is 1.35 bits per heavy atom. The van der Waals surface area contributed by atoms with Crippen LogP contribution in [0.3, 0.4) is 0 Å². The summed E-state index contributed by atoms with van der Waals surface area (Å²) in [7, 11) is 0. The number of carbonyl (C=O) groups is 1. The van der Waals surface area contributed by atoms with E-state index in [2.05, 4.69) is 15.0 Å². The van der Waals surface area contributed by atoms with Crippen molar-refractivity contribution >= 4 is 28.8 Å². The Balaban J connectivity index is 1.40. The summed E-state index contributed by atoms with van der Waals surface area (Å²) < 4.78 is 5.62. The summed E-state index contributed by atoms with van der Waals surface area (Å²) in [6.07, 6.45) is 4.12. The van der Waals surface area contributed by atoms with E-state index in [1.54, 1.807) is 12.5 Å². The van der Waals surface area contributed by atoms with Crippen molar-refractivity contribution in [3.8, 4) is 0 Å². The molecular formula is C16H14N4O2S. The number of nitrogens with zero attached hydrogens (tertiary/aromatic N) is 4. The largest absolute Gasteiger partial charge is 0.431 e. The van der Waals surface area contributed by atoms with Gasteiger partial charge >= 0.3 is 0 Å². The lowest BCUT2D eigenvalue weighted by Crippen LogP contribution is -2.37. The Bertz CT molecular complexity index is 831. The molecule has 2 aromatic heterocycles. The number of oxazole rings is 1. The van der Waals surface area contributed by atoms with Gasteiger partial charge in [-0.1, -0.05) is 23.9 Å². The molecule has 1 aliphatic heterocycles. The Morgan fingerprint density at radius 3 is 3.17 bits per heavy atom. The smallest absolute Gasteiger partial charge is 0.257 e. The van der Waals surface area contributed by atoms with Crippen molar-refractivity contribution in [1.29, 1.82) is 0 Å². The summed E-state index contributed by atoms with van der Waals surface area (Å²) in [6.45, 7) is 1.26. The Morgan fingerprint density at radius 2 is 2.26 bits per heavy atom. The van der Waals surface area contributed by atoms with Gasteiger partial charge in [0, 0.05) is 31.3 Å². The minimum absolute atomic E-state index is 0.0757. The molecule has 0 atom stereocenters. The Labute approximate surface area is 136 Å². The monoisotopic (exact) mass is 326 g/mol. The maximum atomic E-state index is 12.4. The minimum atomic E-state index is 0.0757.